The molecule has 0 amide bonds. The van der Waals surface area contributed by atoms with Gasteiger partial charge in [0.1, 0.15) is 6.04 Å². The molecule has 0 spiro atoms. The van der Waals surface area contributed by atoms with Crippen LogP contribution in [-0.4, -0.2) is 40.9 Å². The number of nitrogens with zero attached hydrogens (tertiary/aromatic N) is 3. The molecule has 30 heavy (non-hydrogen) atoms. The van der Waals surface area contributed by atoms with Gasteiger partial charge in [-0.3, -0.25) is 4.79 Å². The Kier molecular flexibility index (Phi) is 4.76. The number of benzene rings is 1. The molecule has 5 rings (SSSR count). The van der Waals surface area contributed by atoms with Crippen molar-refractivity contribution >= 4 is 10.0 Å². The number of hydrogen-bond acceptors (Lipinski definition) is 7. The highest BCUT2D eigenvalue weighted by Gasteiger charge is 2.39. The third-order valence-electron chi connectivity index (χ3n) is 5.60. The first-order valence-corrected chi connectivity index (χ1v) is 11.3. The first kappa shape index (κ1) is 19.2. The number of hydrogen-bond donors (Lipinski definition) is 2. The van der Waals surface area contributed by atoms with Gasteiger partial charge in [-0.2, -0.15) is 9.29 Å². The minimum atomic E-state index is -3.68. The van der Waals surface area contributed by atoms with Crippen LogP contribution in [-0.2, 0) is 23.0 Å². The Morgan fingerprint density at radius 2 is 2.03 bits per heavy atom. The Bertz CT molecular complexity index is 1240. The number of H-pyrrole nitrogens is 1. The second-order valence-electron chi connectivity index (χ2n) is 7.49. The van der Waals surface area contributed by atoms with Gasteiger partial charge in [-0.25, -0.2) is 8.42 Å². The van der Waals surface area contributed by atoms with Crippen molar-refractivity contribution < 1.29 is 12.9 Å². The zero-order chi connectivity index (χ0) is 20.7. The summed E-state index contributed by atoms with van der Waals surface area (Å²) in [6.07, 6.45) is 2.04. The average molecular weight is 427 g/mol. The van der Waals surface area contributed by atoms with Crippen LogP contribution in [0.5, 0.6) is 0 Å². The maximum absolute atomic E-state index is 13.1. The van der Waals surface area contributed by atoms with Crippen LogP contribution in [0.4, 0.5) is 0 Å². The summed E-state index contributed by atoms with van der Waals surface area (Å²) in [7, 11) is -3.68. The third-order valence-corrected chi connectivity index (χ3v) is 7.53. The van der Waals surface area contributed by atoms with Gasteiger partial charge in [0.2, 0.25) is 21.7 Å². The summed E-state index contributed by atoms with van der Waals surface area (Å²) in [4.78, 5) is 20.1. The quantitative estimate of drug-likeness (QED) is 0.649. The van der Waals surface area contributed by atoms with E-state index in [9.17, 15) is 13.2 Å². The van der Waals surface area contributed by atoms with E-state index < -0.39 is 16.1 Å². The summed E-state index contributed by atoms with van der Waals surface area (Å²) < 4.78 is 33.0. The van der Waals surface area contributed by atoms with Gasteiger partial charge in [-0.1, -0.05) is 23.4 Å². The van der Waals surface area contributed by atoms with E-state index in [-0.39, 0.29) is 22.2 Å². The number of pyridine rings is 1. The number of aromatic amines is 1. The SMILES string of the molecule is O=c1[nH]c2c(cc1-c1noc(C3CCCN3S(=O)(=O)c3ccccc3)n1)CNCC2. The summed E-state index contributed by atoms with van der Waals surface area (Å²) >= 11 is 0. The van der Waals surface area contributed by atoms with E-state index in [4.69, 9.17) is 4.52 Å². The molecule has 2 N–H and O–H groups in total. The summed E-state index contributed by atoms with van der Waals surface area (Å²) in [5.41, 5.74) is 1.96. The molecule has 2 aliphatic heterocycles. The molecule has 0 saturated carbocycles. The Hall–Kier alpha value is -2.82. The zero-order valence-corrected chi connectivity index (χ0v) is 17.0. The molecule has 1 saturated heterocycles. The predicted molar refractivity (Wildman–Crippen MR) is 108 cm³/mol. The fraction of sp³-hybridized carbons (Fsp3) is 0.350. The van der Waals surface area contributed by atoms with Crippen LogP contribution in [0.1, 0.15) is 36.0 Å². The van der Waals surface area contributed by atoms with Crippen molar-refractivity contribution in [2.24, 2.45) is 0 Å². The van der Waals surface area contributed by atoms with Gasteiger partial charge in [0.05, 0.1) is 10.5 Å². The van der Waals surface area contributed by atoms with Gasteiger partial charge in [-0.05, 0) is 36.6 Å². The van der Waals surface area contributed by atoms with E-state index in [0.29, 0.717) is 31.5 Å². The van der Waals surface area contributed by atoms with Crippen LogP contribution in [0.15, 0.2) is 50.6 Å². The van der Waals surface area contributed by atoms with Crippen molar-refractivity contribution in [3.63, 3.8) is 0 Å². The molecule has 0 radical (unpaired) electrons. The van der Waals surface area contributed by atoms with Crippen LogP contribution in [0.25, 0.3) is 11.4 Å². The lowest BCUT2D eigenvalue weighted by Gasteiger charge is -2.21. The molecule has 1 unspecified atom stereocenters. The van der Waals surface area contributed by atoms with Crippen LogP contribution in [0, 0.1) is 0 Å². The van der Waals surface area contributed by atoms with Crippen molar-refractivity contribution in [3.05, 3.63) is 63.9 Å². The highest BCUT2D eigenvalue weighted by atomic mass is 32.2. The highest BCUT2D eigenvalue weighted by Crippen LogP contribution is 2.36. The fourth-order valence-electron chi connectivity index (χ4n) is 4.08. The first-order valence-electron chi connectivity index (χ1n) is 9.91. The molecular weight excluding hydrogens is 406 g/mol. The van der Waals surface area contributed by atoms with Gasteiger partial charge >= 0.3 is 0 Å². The van der Waals surface area contributed by atoms with E-state index in [1.165, 1.54) is 4.31 Å². The zero-order valence-electron chi connectivity index (χ0n) is 16.2. The standard InChI is InChI=1S/C20H21N5O4S/c26-19-15(11-13-12-21-9-8-16(13)22-19)18-23-20(29-24-18)17-7-4-10-25(17)30(27,28)14-5-2-1-3-6-14/h1-3,5-6,11,17,21H,4,7-10,12H2,(H,22,26). The molecule has 1 atom stereocenters. The molecule has 3 aromatic rings. The van der Waals surface area contributed by atoms with Crippen molar-refractivity contribution in [1.29, 1.82) is 0 Å². The molecule has 2 aliphatic rings. The number of aromatic nitrogens is 3. The molecule has 1 aromatic carbocycles. The second kappa shape index (κ2) is 7.46. The normalized spacial score (nSPS) is 19.7. The van der Waals surface area contributed by atoms with E-state index in [1.54, 1.807) is 36.4 Å². The largest absolute Gasteiger partial charge is 0.337 e. The molecule has 2 aromatic heterocycles. The maximum atomic E-state index is 13.1. The van der Waals surface area contributed by atoms with Crippen LogP contribution >= 0.6 is 0 Å². The summed E-state index contributed by atoms with van der Waals surface area (Å²) in [6, 6.07) is 9.54. The monoisotopic (exact) mass is 427 g/mol. The number of nitrogens with one attached hydrogen (secondary N) is 2. The van der Waals surface area contributed by atoms with Crippen molar-refractivity contribution in [3.8, 4) is 11.4 Å². The molecule has 10 heteroatoms. The highest BCUT2D eigenvalue weighted by molar-refractivity contribution is 7.89. The lowest BCUT2D eigenvalue weighted by Crippen LogP contribution is -2.30. The minimum absolute atomic E-state index is 0.170. The second-order valence-corrected chi connectivity index (χ2v) is 9.38. The van der Waals surface area contributed by atoms with E-state index in [2.05, 4.69) is 20.4 Å². The Labute approximate surface area is 173 Å². The molecule has 1 fully saturated rings. The van der Waals surface area contributed by atoms with Crippen molar-refractivity contribution in [2.75, 3.05) is 13.1 Å². The molecule has 4 heterocycles. The number of sulfonamides is 1. The van der Waals surface area contributed by atoms with Gasteiger partial charge in [0, 0.05) is 31.7 Å². The maximum Gasteiger partial charge on any atom is 0.259 e. The van der Waals surface area contributed by atoms with Gasteiger partial charge in [0.15, 0.2) is 0 Å². The summed E-state index contributed by atoms with van der Waals surface area (Å²) in [5, 5.41) is 7.25. The number of rotatable bonds is 4. The van der Waals surface area contributed by atoms with Crippen LogP contribution in [0.3, 0.4) is 0 Å². The average Bonchev–Trinajstić information content (AvgIpc) is 3.44. The molecule has 9 nitrogen and oxygen atoms in total. The first-order chi connectivity index (χ1) is 14.5. The smallest absolute Gasteiger partial charge is 0.259 e. The topological polar surface area (TPSA) is 121 Å². The Morgan fingerprint density at radius 1 is 1.20 bits per heavy atom. The number of fused-ring (bicyclic) bond motifs is 1. The molecule has 0 bridgehead atoms. The van der Waals surface area contributed by atoms with Gasteiger partial charge in [-0.15, -0.1) is 0 Å². The Morgan fingerprint density at radius 3 is 2.87 bits per heavy atom. The van der Waals surface area contributed by atoms with Gasteiger partial charge < -0.3 is 14.8 Å². The lowest BCUT2D eigenvalue weighted by molar-refractivity contribution is 0.290. The molecular formula is C20H21N5O4S. The summed E-state index contributed by atoms with van der Waals surface area (Å²) in [6.45, 7) is 1.86. The van der Waals surface area contributed by atoms with E-state index in [1.807, 2.05) is 0 Å². The molecule has 156 valence electrons. The van der Waals surface area contributed by atoms with E-state index in [0.717, 1.165) is 24.2 Å². The summed E-state index contributed by atoms with van der Waals surface area (Å²) in [5.74, 6) is 0.376. The van der Waals surface area contributed by atoms with E-state index >= 15 is 0 Å². The van der Waals surface area contributed by atoms with Crippen molar-refractivity contribution in [2.45, 2.75) is 36.7 Å². The predicted octanol–water partition coefficient (Wildman–Crippen LogP) is 1.60. The minimum Gasteiger partial charge on any atom is -0.337 e. The van der Waals surface area contributed by atoms with Crippen LogP contribution in [0.2, 0.25) is 0 Å². The fourth-order valence-corrected chi connectivity index (χ4v) is 5.75. The lowest BCUT2D eigenvalue weighted by atomic mass is 10.0. The molecule has 0 aliphatic carbocycles. The van der Waals surface area contributed by atoms with Crippen molar-refractivity contribution in [1.82, 2.24) is 24.7 Å². The Balaban J connectivity index is 1.48. The van der Waals surface area contributed by atoms with Gasteiger partial charge in [0.25, 0.3) is 5.56 Å². The third kappa shape index (κ3) is 3.26. The van der Waals surface area contributed by atoms with Crippen LogP contribution < -0.4 is 10.9 Å².